The molecule has 0 fully saturated rings. The summed E-state index contributed by atoms with van der Waals surface area (Å²) in [5.41, 5.74) is 2.77. The largest absolute Gasteiger partial charge is 0.350 e. The summed E-state index contributed by atoms with van der Waals surface area (Å²) in [6, 6.07) is 23.2. The number of sulfonamides is 1. The Labute approximate surface area is 188 Å². The maximum absolute atomic E-state index is 12.5. The van der Waals surface area contributed by atoms with E-state index < -0.39 is 10.0 Å². The highest BCUT2D eigenvalue weighted by atomic mass is 35.5. The van der Waals surface area contributed by atoms with Crippen LogP contribution in [0.4, 0.5) is 0 Å². The van der Waals surface area contributed by atoms with Crippen molar-refractivity contribution < 1.29 is 13.2 Å². The molecule has 0 saturated heterocycles. The van der Waals surface area contributed by atoms with Gasteiger partial charge in [-0.1, -0.05) is 66.2 Å². The summed E-state index contributed by atoms with van der Waals surface area (Å²) in [6.07, 6.45) is 0.841. The summed E-state index contributed by atoms with van der Waals surface area (Å²) < 4.78 is 27.6. The number of halogens is 1. The maximum atomic E-state index is 12.5. The molecule has 2 N–H and O–H groups in total. The number of aryl methyl sites for hydroxylation is 1. The van der Waals surface area contributed by atoms with Crippen LogP contribution >= 0.6 is 11.6 Å². The van der Waals surface area contributed by atoms with Gasteiger partial charge >= 0.3 is 0 Å². The molecule has 0 saturated carbocycles. The third-order valence-corrected chi connectivity index (χ3v) is 6.60. The first kappa shape index (κ1) is 23.0. The fourth-order valence-corrected chi connectivity index (χ4v) is 4.24. The van der Waals surface area contributed by atoms with Crippen LogP contribution in [0.3, 0.4) is 0 Å². The van der Waals surface area contributed by atoms with Crippen molar-refractivity contribution >= 4 is 27.5 Å². The molecule has 0 aliphatic carbocycles. The van der Waals surface area contributed by atoms with Crippen molar-refractivity contribution in [2.24, 2.45) is 0 Å². The van der Waals surface area contributed by atoms with Crippen LogP contribution in [0.25, 0.3) is 0 Å². The molecule has 1 amide bonds. The molecule has 0 heterocycles. The van der Waals surface area contributed by atoms with Crippen LogP contribution in [0.5, 0.6) is 0 Å². The highest BCUT2D eigenvalue weighted by Gasteiger charge is 2.14. The van der Waals surface area contributed by atoms with Gasteiger partial charge in [0, 0.05) is 18.0 Å². The van der Waals surface area contributed by atoms with Gasteiger partial charge in [-0.05, 0) is 54.3 Å². The summed E-state index contributed by atoms with van der Waals surface area (Å²) in [6.45, 7) is 2.15. The molecule has 3 rings (SSSR count). The van der Waals surface area contributed by atoms with Gasteiger partial charge in [0.05, 0.1) is 10.9 Å². The summed E-state index contributed by atoms with van der Waals surface area (Å²) in [7, 11) is -3.59. The number of hydrogen-bond donors (Lipinski definition) is 2. The molecule has 0 bridgehead atoms. The van der Waals surface area contributed by atoms with E-state index in [-0.39, 0.29) is 23.4 Å². The number of benzene rings is 3. The van der Waals surface area contributed by atoms with Crippen molar-refractivity contribution in [1.29, 1.82) is 0 Å². The molecule has 7 heteroatoms. The van der Waals surface area contributed by atoms with Crippen molar-refractivity contribution in [2.75, 3.05) is 0 Å². The highest BCUT2D eigenvalue weighted by Crippen LogP contribution is 2.17. The summed E-state index contributed by atoms with van der Waals surface area (Å²) in [5, 5.41) is 3.62. The van der Waals surface area contributed by atoms with E-state index in [1.807, 2.05) is 49.4 Å². The van der Waals surface area contributed by atoms with Gasteiger partial charge in [-0.2, -0.15) is 0 Å². The number of carbonyl (C=O) groups excluding carboxylic acids is 1. The molecule has 5 nitrogen and oxygen atoms in total. The van der Waals surface area contributed by atoms with Crippen LogP contribution in [0.2, 0.25) is 5.02 Å². The van der Waals surface area contributed by atoms with E-state index in [9.17, 15) is 13.2 Å². The third kappa shape index (κ3) is 6.92. The van der Waals surface area contributed by atoms with Crippen molar-refractivity contribution in [3.05, 3.63) is 101 Å². The minimum atomic E-state index is -3.59. The predicted octanol–water partition coefficient (Wildman–Crippen LogP) is 4.63. The lowest BCUT2D eigenvalue weighted by Crippen LogP contribution is -2.26. The van der Waals surface area contributed by atoms with Crippen molar-refractivity contribution in [2.45, 2.75) is 37.2 Å². The standard InChI is InChI=1S/C24H25ClN2O3S/c1-18(21-10-12-22(25)13-11-21)27-24(28)16-9-19-7-14-23(15-8-19)31(29,30)26-17-20-5-3-2-4-6-20/h2-8,10-15,18,26H,9,16-17H2,1H3,(H,27,28)/t18-/m0/s1. The van der Waals surface area contributed by atoms with Gasteiger partial charge in [0.2, 0.25) is 15.9 Å². The molecule has 0 aromatic heterocycles. The van der Waals surface area contributed by atoms with Gasteiger partial charge in [0.15, 0.2) is 0 Å². The zero-order chi connectivity index (χ0) is 22.3. The zero-order valence-corrected chi connectivity index (χ0v) is 18.8. The Morgan fingerprint density at radius 1 is 0.903 bits per heavy atom. The van der Waals surface area contributed by atoms with Crippen LogP contribution in [-0.2, 0) is 27.8 Å². The molecule has 0 spiro atoms. The molecule has 0 radical (unpaired) electrons. The average molecular weight is 457 g/mol. The second-order valence-electron chi connectivity index (χ2n) is 7.29. The van der Waals surface area contributed by atoms with Crippen molar-refractivity contribution in [1.82, 2.24) is 10.0 Å². The van der Waals surface area contributed by atoms with E-state index in [2.05, 4.69) is 10.0 Å². The van der Waals surface area contributed by atoms with Gasteiger partial charge in [0.1, 0.15) is 0 Å². The molecule has 1 atom stereocenters. The molecular weight excluding hydrogens is 432 g/mol. The first-order chi connectivity index (χ1) is 14.8. The summed E-state index contributed by atoms with van der Waals surface area (Å²) in [4.78, 5) is 12.5. The Balaban J connectivity index is 1.50. The first-order valence-corrected chi connectivity index (χ1v) is 11.9. The van der Waals surface area contributed by atoms with Crippen LogP contribution in [-0.4, -0.2) is 14.3 Å². The lowest BCUT2D eigenvalue weighted by atomic mass is 10.1. The molecule has 31 heavy (non-hydrogen) atoms. The fourth-order valence-electron chi connectivity index (χ4n) is 3.10. The van der Waals surface area contributed by atoms with E-state index in [4.69, 9.17) is 11.6 Å². The lowest BCUT2D eigenvalue weighted by molar-refractivity contribution is -0.121. The monoisotopic (exact) mass is 456 g/mol. The van der Waals surface area contributed by atoms with E-state index in [0.717, 1.165) is 16.7 Å². The minimum Gasteiger partial charge on any atom is -0.350 e. The number of hydrogen-bond acceptors (Lipinski definition) is 3. The molecular formula is C24H25ClN2O3S. The van der Waals surface area contributed by atoms with Gasteiger partial charge in [0.25, 0.3) is 0 Å². The van der Waals surface area contributed by atoms with Gasteiger partial charge in [-0.15, -0.1) is 0 Å². The second-order valence-corrected chi connectivity index (χ2v) is 9.50. The predicted molar refractivity (Wildman–Crippen MR) is 123 cm³/mol. The molecule has 0 aliphatic rings. The number of amides is 1. The van der Waals surface area contributed by atoms with Crippen molar-refractivity contribution in [3.63, 3.8) is 0 Å². The second kappa shape index (κ2) is 10.6. The summed E-state index contributed by atoms with van der Waals surface area (Å²) >= 11 is 5.90. The van der Waals surface area contributed by atoms with Gasteiger partial charge < -0.3 is 5.32 Å². The van der Waals surface area contributed by atoms with E-state index in [1.54, 1.807) is 36.4 Å². The zero-order valence-electron chi connectivity index (χ0n) is 17.2. The van der Waals surface area contributed by atoms with E-state index >= 15 is 0 Å². The highest BCUT2D eigenvalue weighted by molar-refractivity contribution is 7.89. The van der Waals surface area contributed by atoms with Crippen LogP contribution in [0.1, 0.15) is 36.1 Å². The topological polar surface area (TPSA) is 75.3 Å². The van der Waals surface area contributed by atoms with Crippen molar-refractivity contribution in [3.8, 4) is 0 Å². The quantitative estimate of drug-likeness (QED) is 0.493. The summed E-state index contributed by atoms with van der Waals surface area (Å²) in [5.74, 6) is -0.0660. The third-order valence-electron chi connectivity index (χ3n) is 4.93. The molecule has 3 aromatic carbocycles. The minimum absolute atomic E-state index is 0.0660. The van der Waals surface area contributed by atoms with E-state index in [0.29, 0.717) is 17.9 Å². The Morgan fingerprint density at radius 2 is 1.55 bits per heavy atom. The lowest BCUT2D eigenvalue weighted by Gasteiger charge is -2.14. The van der Waals surface area contributed by atoms with Crippen LogP contribution in [0, 0.1) is 0 Å². The Kier molecular flexibility index (Phi) is 7.85. The molecule has 162 valence electrons. The number of nitrogens with one attached hydrogen (secondary N) is 2. The maximum Gasteiger partial charge on any atom is 0.240 e. The number of carbonyl (C=O) groups is 1. The normalized spacial score (nSPS) is 12.3. The van der Waals surface area contributed by atoms with E-state index in [1.165, 1.54) is 0 Å². The number of rotatable bonds is 9. The molecule has 3 aromatic rings. The molecule has 0 aliphatic heterocycles. The van der Waals surface area contributed by atoms with Crippen LogP contribution in [0.15, 0.2) is 83.8 Å². The first-order valence-electron chi connectivity index (χ1n) is 10.0. The average Bonchev–Trinajstić information content (AvgIpc) is 2.78. The Hall–Kier alpha value is -2.67. The fraction of sp³-hybridized carbons (Fsp3) is 0.208. The molecule has 0 unspecified atom stereocenters. The van der Waals surface area contributed by atoms with Crippen LogP contribution < -0.4 is 10.0 Å². The van der Waals surface area contributed by atoms with Gasteiger partial charge in [-0.3, -0.25) is 4.79 Å². The van der Waals surface area contributed by atoms with Gasteiger partial charge in [-0.25, -0.2) is 13.1 Å². The smallest absolute Gasteiger partial charge is 0.240 e. The Bertz CT molecular complexity index is 1100. The Morgan fingerprint density at radius 3 is 2.19 bits per heavy atom. The SMILES string of the molecule is C[C@H](NC(=O)CCc1ccc(S(=O)(=O)NCc2ccccc2)cc1)c1ccc(Cl)cc1.